The number of rotatable bonds is 5. The maximum atomic E-state index is 9.85. The number of aliphatic hydroxyl groups excluding tert-OH is 1. The van der Waals surface area contributed by atoms with Gasteiger partial charge in [-0.2, -0.15) is 0 Å². The van der Waals surface area contributed by atoms with Crippen molar-refractivity contribution < 1.29 is 24.9 Å². The van der Waals surface area contributed by atoms with Gasteiger partial charge in [-0.1, -0.05) is 0 Å². The Morgan fingerprint density at radius 2 is 1.93 bits per heavy atom. The van der Waals surface area contributed by atoms with Crippen molar-refractivity contribution in [3.05, 3.63) is 0 Å². The van der Waals surface area contributed by atoms with E-state index in [9.17, 15) is 9.59 Å². The van der Waals surface area contributed by atoms with Crippen LogP contribution >= 0.6 is 0 Å². The third-order valence-electron chi connectivity index (χ3n) is 0.985. The quantitative estimate of drug-likeness (QED) is 0.361. The second-order valence-corrected chi connectivity index (χ2v) is 2.26. The highest BCUT2D eigenvalue weighted by atomic mass is 16.4. The van der Waals surface area contributed by atoms with Crippen molar-refractivity contribution in [2.75, 3.05) is 6.61 Å². The first-order chi connectivity index (χ1) is 6.45. The largest absolute Gasteiger partial charge is 0.481 e. The highest BCUT2D eigenvalue weighted by Crippen LogP contribution is 1.86. The van der Waals surface area contributed by atoms with Gasteiger partial charge in [0.2, 0.25) is 0 Å². The van der Waals surface area contributed by atoms with Crippen LogP contribution < -0.4 is 5.73 Å². The molecular formula is C7H14N2O5. The zero-order valence-electron chi connectivity index (χ0n) is 7.51. The Balaban J connectivity index is 0. The van der Waals surface area contributed by atoms with E-state index in [0.717, 1.165) is 0 Å². The van der Waals surface area contributed by atoms with Gasteiger partial charge in [-0.3, -0.25) is 9.59 Å². The Morgan fingerprint density at radius 1 is 1.43 bits per heavy atom. The molecule has 82 valence electrons. The van der Waals surface area contributed by atoms with Gasteiger partial charge in [-0.05, 0) is 6.21 Å². The predicted octanol–water partition coefficient (Wildman–Crippen LogP) is -1.11. The summed E-state index contributed by atoms with van der Waals surface area (Å²) in [4.78, 5) is 19.6. The van der Waals surface area contributed by atoms with Gasteiger partial charge >= 0.3 is 11.9 Å². The molecule has 6 N–H and O–H groups in total. The van der Waals surface area contributed by atoms with Gasteiger partial charge in [-0.15, -0.1) is 0 Å². The lowest BCUT2D eigenvalue weighted by molar-refractivity contribution is -0.144. The van der Waals surface area contributed by atoms with Gasteiger partial charge in [0.05, 0.1) is 6.42 Å². The summed E-state index contributed by atoms with van der Waals surface area (Å²) < 4.78 is 0. The van der Waals surface area contributed by atoms with Crippen molar-refractivity contribution in [2.24, 2.45) is 5.73 Å². The Hall–Kier alpha value is -1.47. The first-order valence-electron chi connectivity index (χ1n) is 3.75. The highest BCUT2D eigenvalue weighted by Gasteiger charge is 2.14. The average molecular weight is 206 g/mol. The molecule has 0 saturated carbocycles. The molecule has 7 nitrogen and oxygen atoms in total. The standard InChI is InChI=1S/C4H7NO4.C3H7NO/c5-2(4(8)9)1-3(6)7;4-2-1-3-5/h2H,1,5H2,(H,6,7)(H,8,9);2,4-5H,1,3H2. The number of hydrogen-bond donors (Lipinski definition) is 5. The molecule has 0 heterocycles. The van der Waals surface area contributed by atoms with Crippen LogP contribution in [0.2, 0.25) is 0 Å². The van der Waals surface area contributed by atoms with Gasteiger partial charge in [0, 0.05) is 13.0 Å². The second-order valence-electron chi connectivity index (χ2n) is 2.26. The summed E-state index contributed by atoms with van der Waals surface area (Å²) in [6.45, 7) is 0.101. The van der Waals surface area contributed by atoms with Crippen LogP contribution in [0.5, 0.6) is 0 Å². The number of carboxylic acids is 2. The van der Waals surface area contributed by atoms with Crippen LogP contribution in [0.3, 0.4) is 0 Å². The lowest BCUT2D eigenvalue weighted by atomic mass is 10.2. The summed E-state index contributed by atoms with van der Waals surface area (Å²) in [6, 6.07) is -1.29. The second kappa shape index (κ2) is 9.62. The van der Waals surface area contributed by atoms with Crippen LogP contribution in [-0.2, 0) is 9.59 Å². The number of aliphatic hydroxyl groups is 1. The molecule has 1 atom stereocenters. The summed E-state index contributed by atoms with van der Waals surface area (Å²) in [5, 5.41) is 30.3. The number of aliphatic carboxylic acids is 2. The summed E-state index contributed by atoms with van der Waals surface area (Å²) >= 11 is 0. The van der Waals surface area contributed by atoms with Gasteiger partial charge in [-0.25, -0.2) is 0 Å². The molecule has 0 fully saturated rings. The molecule has 0 aliphatic carbocycles. The van der Waals surface area contributed by atoms with Crippen molar-refractivity contribution in [3.8, 4) is 0 Å². The predicted molar refractivity (Wildman–Crippen MR) is 48.4 cm³/mol. The van der Waals surface area contributed by atoms with Gasteiger partial charge in [0.1, 0.15) is 6.04 Å². The molecule has 0 rings (SSSR count). The first-order valence-corrected chi connectivity index (χ1v) is 3.75. The van der Waals surface area contributed by atoms with Crippen molar-refractivity contribution >= 4 is 18.2 Å². The van der Waals surface area contributed by atoms with E-state index >= 15 is 0 Å². The van der Waals surface area contributed by atoms with E-state index in [0.29, 0.717) is 6.42 Å². The zero-order chi connectivity index (χ0) is 11.6. The maximum absolute atomic E-state index is 9.85. The molecule has 0 spiro atoms. The van der Waals surface area contributed by atoms with Gasteiger partial charge in [0.25, 0.3) is 0 Å². The number of nitrogens with one attached hydrogen (secondary N) is 1. The molecule has 0 aromatic rings. The number of carbonyl (C=O) groups is 2. The van der Waals surface area contributed by atoms with E-state index in [2.05, 4.69) is 0 Å². The van der Waals surface area contributed by atoms with Gasteiger partial charge in [0.15, 0.2) is 0 Å². The smallest absolute Gasteiger partial charge is 0.321 e. The molecule has 7 heteroatoms. The maximum Gasteiger partial charge on any atom is 0.321 e. The van der Waals surface area contributed by atoms with Crippen LogP contribution in [0.1, 0.15) is 12.8 Å². The molecule has 0 aliphatic heterocycles. The van der Waals surface area contributed by atoms with E-state index < -0.39 is 24.4 Å². The summed E-state index contributed by atoms with van der Waals surface area (Å²) in [5.41, 5.74) is 4.84. The Morgan fingerprint density at radius 3 is 2.00 bits per heavy atom. The van der Waals surface area contributed by atoms with E-state index in [1.807, 2.05) is 0 Å². The minimum atomic E-state index is -1.29. The lowest BCUT2D eigenvalue weighted by Crippen LogP contribution is -2.32. The van der Waals surface area contributed by atoms with Gasteiger partial charge < -0.3 is 26.5 Å². The minimum absolute atomic E-state index is 0.101. The highest BCUT2D eigenvalue weighted by molar-refractivity contribution is 5.80. The average Bonchev–Trinajstić information content (AvgIpc) is 2.05. The molecule has 0 bridgehead atoms. The molecule has 0 aliphatic rings. The van der Waals surface area contributed by atoms with Crippen molar-refractivity contribution in [2.45, 2.75) is 18.9 Å². The normalized spacial score (nSPS) is 10.7. The number of hydrogen-bond acceptors (Lipinski definition) is 5. The topological polar surface area (TPSA) is 145 Å². The third-order valence-corrected chi connectivity index (χ3v) is 0.985. The summed E-state index contributed by atoms with van der Waals surface area (Å²) in [7, 11) is 0. The first kappa shape index (κ1) is 15.0. The van der Waals surface area contributed by atoms with E-state index in [-0.39, 0.29) is 6.61 Å². The molecule has 0 radical (unpaired) electrons. The van der Waals surface area contributed by atoms with Crippen molar-refractivity contribution in [1.29, 1.82) is 5.41 Å². The molecule has 0 aromatic heterocycles. The summed E-state index contributed by atoms with van der Waals surface area (Å²) in [6.07, 6.45) is 1.13. The fraction of sp³-hybridized carbons (Fsp3) is 0.571. The van der Waals surface area contributed by atoms with Crippen LogP contribution in [0.4, 0.5) is 0 Å². The minimum Gasteiger partial charge on any atom is -0.481 e. The Bertz CT molecular complexity index is 195. The number of carboxylic acid groups (broad SMARTS) is 2. The van der Waals surface area contributed by atoms with Crippen molar-refractivity contribution in [1.82, 2.24) is 0 Å². The van der Waals surface area contributed by atoms with Crippen LogP contribution in [-0.4, -0.2) is 46.1 Å². The van der Waals surface area contributed by atoms with E-state index in [1.165, 1.54) is 6.21 Å². The fourth-order valence-electron chi connectivity index (χ4n) is 0.340. The fourth-order valence-corrected chi connectivity index (χ4v) is 0.340. The molecule has 0 saturated heterocycles. The molecule has 0 amide bonds. The summed E-state index contributed by atoms with van der Waals surface area (Å²) in [5.74, 6) is -2.50. The molecular weight excluding hydrogens is 192 g/mol. The van der Waals surface area contributed by atoms with E-state index in [1.54, 1.807) is 0 Å². The Kier molecular flexibility index (Phi) is 10.3. The molecule has 1 unspecified atom stereocenters. The SMILES string of the molecule is N=CCCO.NC(CC(=O)O)C(=O)O. The third kappa shape index (κ3) is 13.1. The van der Waals surface area contributed by atoms with Crippen LogP contribution in [0.25, 0.3) is 0 Å². The van der Waals surface area contributed by atoms with Crippen LogP contribution in [0.15, 0.2) is 0 Å². The number of nitrogens with two attached hydrogens (primary N) is 1. The van der Waals surface area contributed by atoms with Crippen LogP contribution in [0, 0.1) is 5.41 Å². The Labute approximate surface area is 80.7 Å². The van der Waals surface area contributed by atoms with E-state index in [4.69, 9.17) is 26.5 Å². The lowest BCUT2D eigenvalue weighted by Gasteiger charge is -1.99. The zero-order valence-corrected chi connectivity index (χ0v) is 7.51. The molecule has 0 aromatic carbocycles. The molecule has 14 heavy (non-hydrogen) atoms. The monoisotopic (exact) mass is 206 g/mol. The van der Waals surface area contributed by atoms with Crippen molar-refractivity contribution in [3.63, 3.8) is 0 Å².